The van der Waals surface area contributed by atoms with Crippen molar-refractivity contribution in [1.82, 2.24) is 4.98 Å². The van der Waals surface area contributed by atoms with Gasteiger partial charge in [0.2, 0.25) is 0 Å². The molecule has 0 amide bonds. The maximum Gasteiger partial charge on any atom is 0.109 e. The van der Waals surface area contributed by atoms with Crippen molar-refractivity contribution >= 4 is 34.0 Å². The number of nitrogens with zero attached hydrogens (tertiary/aromatic N) is 1. The molecule has 2 nitrogen and oxygen atoms in total. The Bertz CT molecular complexity index is 748. The Morgan fingerprint density at radius 3 is 2.35 bits per heavy atom. The van der Waals surface area contributed by atoms with Gasteiger partial charge in [0.05, 0.1) is 0 Å². The summed E-state index contributed by atoms with van der Waals surface area (Å²) < 4.78 is 0. The normalized spacial score (nSPS) is 12.6. The fourth-order valence-electron chi connectivity index (χ4n) is 2.29. The number of halogens is 2. The third-order valence-corrected chi connectivity index (χ3v) is 3.93. The molecule has 0 saturated carbocycles. The number of benzene rings is 2. The highest BCUT2D eigenvalue weighted by Gasteiger charge is 2.19. The van der Waals surface area contributed by atoms with Crippen LogP contribution in [0.2, 0.25) is 10.0 Å². The van der Waals surface area contributed by atoms with Crippen molar-refractivity contribution in [3.05, 3.63) is 76.0 Å². The van der Waals surface area contributed by atoms with Gasteiger partial charge in [0.25, 0.3) is 0 Å². The van der Waals surface area contributed by atoms with Crippen LogP contribution in [0, 0.1) is 0 Å². The van der Waals surface area contributed by atoms with E-state index >= 15 is 0 Å². The summed E-state index contributed by atoms with van der Waals surface area (Å²) in [6.07, 6.45) is 2.50. The van der Waals surface area contributed by atoms with Gasteiger partial charge in [0.1, 0.15) is 6.10 Å². The van der Waals surface area contributed by atoms with E-state index in [1.54, 1.807) is 30.6 Å². The molecule has 0 spiro atoms. The van der Waals surface area contributed by atoms with Crippen LogP contribution in [-0.2, 0) is 0 Å². The molecule has 3 rings (SSSR count). The molecule has 1 aromatic heterocycles. The molecule has 20 heavy (non-hydrogen) atoms. The van der Waals surface area contributed by atoms with Gasteiger partial charge < -0.3 is 5.11 Å². The third kappa shape index (κ3) is 2.27. The van der Waals surface area contributed by atoms with Crippen molar-refractivity contribution in [1.29, 1.82) is 0 Å². The van der Waals surface area contributed by atoms with Gasteiger partial charge in [-0.05, 0) is 17.5 Å². The molecule has 0 aliphatic carbocycles. The van der Waals surface area contributed by atoms with Crippen LogP contribution in [0.3, 0.4) is 0 Å². The Balaban J connectivity index is 2.21. The van der Waals surface area contributed by atoms with Crippen molar-refractivity contribution in [2.75, 3.05) is 0 Å². The molecule has 0 radical (unpaired) electrons. The Morgan fingerprint density at radius 1 is 0.900 bits per heavy atom. The van der Waals surface area contributed by atoms with E-state index in [-0.39, 0.29) is 0 Å². The van der Waals surface area contributed by atoms with Crippen LogP contribution < -0.4 is 0 Å². The fourth-order valence-corrected chi connectivity index (χ4v) is 2.89. The average Bonchev–Trinajstić information content (AvgIpc) is 2.46. The molecule has 4 heteroatoms. The summed E-state index contributed by atoms with van der Waals surface area (Å²) in [5, 5.41) is 13.4. The number of aliphatic hydroxyl groups excluding tert-OH is 1. The van der Waals surface area contributed by atoms with Crippen molar-refractivity contribution in [2.24, 2.45) is 0 Å². The molecular formula is C16H11Cl2NO. The average molecular weight is 304 g/mol. The van der Waals surface area contributed by atoms with E-state index in [0.717, 1.165) is 10.8 Å². The quantitative estimate of drug-likeness (QED) is 0.749. The van der Waals surface area contributed by atoms with Gasteiger partial charge in [-0.1, -0.05) is 53.5 Å². The first-order chi connectivity index (χ1) is 9.68. The molecule has 0 saturated heterocycles. The summed E-state index contributed by atoms with van der Waals surface area (Å²) in [7, 11) is 0. The fraction of sp³-hybridized carbons (Fsp3) is 0.0625. The zero-order chi connectivity index (χ0) is 14.1. The molecule has 2 aromatic carbocycles. The number of aromatic nitrogens is 1. The summed E-state index contributed by atoms with van der Waals surface area (Å²) >= 11 is 12.3. The van der Waals surface area contributed by atoms with Crippen molar-refractivity contribution in [3.8, 4) is 0 Å². The van der Waals surface area contributed by atoms with Crippen LogP contribution in [0.15, 0.2) is 54.9 Å². The highest BCUT2D eigenvalue weighted by Crippen LogP contribution is 2.36. The van der Waals surface area contributed by atoms with E-state index < -0.39 is 6.10 Å². The van der Waals surface area contributed by atoms with Crippen molar-refractivity contribution in [2.45, 2.75) is 6.10 Å². The first-order valence-electron chi connectivity index (χ1n) is 6.13. The minimum atomic E-state index is -0.908. The molecule has 0 aliphatic rings. The second-order valence-electron chi connectivity index (χ2n) is 4.49. The summed E-state index contributed by atoms with van der Waals surface area (Å²) in [6, 6.07) is 12.9. The van der Waals surface area contributed by atoms with E-state index in [2.05, 4.69) is 4.98 Å². The molecule has 1 unspecified atom stereocenters. The maximum atomic E-state index is 10.6. The highest BCUT2D eigenvalue weighted by atomic mass is 35.5. The number of pyridine rings is 1. The monoisotopic (exact) mass is 303 g/mol. The zero-order valence-electron chi connectivity index (χ0n) is 10.4. The zero-order valence-corrected chi connectivity index (χ0v) is 11.9. The third-order valence-electron chi connectivity index (χ3n) is 3.27. The number of fused-ring (bicyclic) bond motifs is 1. The molecule has 0 bridgehead atoms. The van der Waals surface area contributed by atoms with E-state index in [1.165, 1.54) is 0 Å². The van der Waals surface area contributed by atoms with Crippen molar-refractivity contribution < 1.29 is 5.11 Å². The SMILES string of the molecule is OC(c1c(Cl)cccc1Cl)c1cncc2ccccc12. The Morgan fingerprint density at radius 2 is 1.60 bits per heavy atom. The number of hydrogen-bond acceptors (Lipinski definition) is 2. The lowest BCUT2D eigenvalue weighted by Gasteiger charge is -2.16. The lowest BCUT2D eigenvalue weighted by atomic mass is 9.98. The Kier molecular flexibility index (Phi) is 3.62. The van der Waals surface area contributed by atoms with Gasteiger partial charge in [-0.25, -0.2) is 0 Å². The molecule has 1 N–H and O–H groups in total. The van der Waals surface area contributed by atoms with Crippen LogP contribution in [0.4, 0.5) is 0 Å². The van der Waals surface area contributed by atoms with Crippen molar-refractivity contribution in [3.63, 3.8) is 0 Å². The predicted molar refractivity (Wildman–Crippen MR) is 82.3 cm³/mol. The first kappa shape index (κ1) is 13.4. The number of rotatable bonds is 2. The smallest absolute Gasteiger partial charge is 0.109 e. The molecular weight excluding hydrogens is 293 g/mol. The van der Waals surface area contributed by atoms with E-state index in [1.807, 2.05) is 24.3 Å². The van der Waals surface area contributed by atoms with Gasteiger partial charge in [-0.3, -0.25) is 4.98 Å². The molecule has 0 aliphatic heterocycles. The molecule has 3 aromatic rings. The maximum absolute atomic E-state index is 10.6. The first-order valence-corrected chi connectivity index (χ1v) is 6.88. The van der Waals surface area contributed by atoms with E-state index in [4.69, 9.17) is 23.2 Å². The van der Waals surface area contributed by atoms with Crippen LogP contribution in [0.1, 0.15) is 17.2 Å². The summed E-state index contributed by atoms with van der Waals surface area (Å²) in [5.74, 6) is 0. The van der Waals surface area contributed by atoms with E-state index in [0.29, 0.717) is 21.2 Å². The molecule has 100 valence electrons. The van der Waals surface area contributed by atoms with Gasteiger partial charge in [-0.2, -0.15) is 0 Å². The predicted octanol–water partition coefficient (Wildman–Crippen LogP) is 4.62. The number of aliphatic hydroxyl groups is 1. The second-order valence-corrected chi connectivity index (χ2v) is 5.30. The molecule has 1 heterocycles. The van der Waals surface area contributed by atoms with Crippen LogP contribution >= 0.6 is 23.2 Å². The summed E-state index contributed by atoms with van der Waals surface area (Å²) in [4.78, 5) is 4.17. The second kappa shape index (κ2) is 5.41. The minimum absolute atomic E-state index is 0.443. The lowest BCUT2D eigenvalue weighted by Crippen LogP contribution is -2.03. The van der Waals surface area contributed by atoms with Crippen LogP contribution in [0.5, 0.6) is 0 Å². The summed E-state index contributed by atoms with van der Waals surface area (Å²) in [6.45, 7) is 0. The molecule has 1 atom stereocenters. The molecule has 0 fully saturated rings. The van der Waals surface area contributed by atoms with Crippen LogP contribution in [0.25, 0.3) is 10.8 Å². The number of hydrogen-bond donors (Lipinski definition) is 1. The van der Waals surface area contributed by atoms with Gasteiger partial charge in [0.15, 0.2) is 0 Å². The lowest BCUT2D eigenvalue weighted by molar-refractivity contribution is 0.221. The summed E-state index contributed by atoms with van der Waals surface area (Å²) in [5.41, 5.74) is 1.20. The standard InChI is InChI=1S/C16H11Cl2NO/c17-13-6-3-7-14(18)15(13)16(20)12-9-19-8-10-4-1-2-5-11(10)12/h1-9,16,20H. The van der Waals surface area contributed by atoms with Crippen LogP contribution in [-0.4, -0.2) is 10.1 Å². The van der Waals surface area contributed by atoms with E-state index in [9.17, 15) is 5.11 Å². The Labute approximate surface area is 126 Å². The topological polar surface area (TPSA) is 33.1 Å². The van der Waals surface area contributed by atoms with Gasteiger partial charge in [0, 0.05) is 39.0 Å². The largest absolute Gasteiger partial charge is 0.383 e. The highest BCUT2D eigenvalue weighted by molar-refractivity contribution is 6.36. The van der Waals surface area contributed by atoms with Gasteiger partial charge in [-0.15, -0.1) is 0 Å². The van der Waals surface area contributed by atoms with Gasteiger partial charge >= 0.3 is 0 Å². The Hall–Kier alpha value is -1.61. The minimum Gasteiger partial charge on any atom is -0.383 e.